The summed E-state index contributed by atoms with van der Waals surface area (Å²) in [5.41, 5.74) is 9.01. The number of benzene rings is 2. The van der Waals surface area contributed by atoms with E-state index in [9.17, 15) is 0 Å². The average Bonchev–Trinajstić information content (AvgIpc) is 2.99. The van der Waals surface area contributed by atoms with Crippen LogP contribution in [-0.2, 0) is 0 Å². The summed E-state index contributed by atoms with van der Waals surface area (Å²) < 4.78 is 0. The molecule has 0 bridgehead atoms. The van der Waals surface area contributed by atoms with Gasteiger partial charge in [-0.15, -0.1) is 0 Å². The number of hydrogen-bond donors (Lipinski definition) is 1. The summed E-state index contributed by atoms with van der Waals surface area (Å²) in [6, 6.07) is 19.3. The maximum atomic E-state index is 6.30. The minimum atomic E-state index is 0.0623. The van der Waals surface area contributed by atoms with Crippen LogP contribution < -0.4 is 15.5 Å². The fourth-order valence-corrected chi connectivity index (χ4v) is 4.78. The molecule has 0 amide bonds. The largest absolute Gasteiger partial charge is 0.369 e. The quantitative estimate of drug-likeness (QED) is 0.893. The van der Waals surface area contributed by atoms with E-state index in [4.69, 9.17) is 5.73 Å². The number of anilines is 2. The third-order valence-electron chi connectivity index (χ3n) is 5.10. The molecule has 4 rings (SSSR count). The van der Waals surface area contributed by atoms with Gasteiger partial charge in [0.1, 0.15) is 5.50 Å². The van der Waals surface area contributed by atoms with Gasteiger partial charge >= 0.3 is 0 Å². The molecule has 25 heavy (non-hydrogen) atoms. The van der Waals surface area contributed by atoms with Crippen molar-refractivity contribution in [2.45, 2.75) is 16.8 Å². The molecule has 4 nitrogen and oxygen atoms in total. The molecule has 1 saturated heterocycles. The molecule has 0 saturated carbocycles. The Morgan fingerprint density at radius 3 is 2.40 bits per heavy atom. The van der Waals surface area contributed by atoms with Gasteiger partial charge in [-0.2, -0.15) is 0 Å². The Balaban J connectivity index is 1.24. The number of para-hydroxylation sites is 2. The van der Waals surface area contributed by atoms with Crippen LogP contribution in [0.3, 0.4) is 0 Å². The highest BCUT2D eigenvalue weighted by atomic mass is 32.2. The van der Waals surface area contributed by atoms with Crippen LogP contribution in [0.1, 0.15) is 6.42 Å². The first-order valence-corrected chi connectivity index (χ1v) is 9.99. The number of rotatable bonds is 5. The molecule has 132 valence electrons. The van der Waals surface area contributed by atoms with Crippen LogP contribution in [-0.4, -0.2) is 49.7 Å². The van der Waals surface area contributed by atoms with Crippen molar-refractivity contribution < 1.29 is 0 Å². The lowest BCUT2D eigenvalue weighted by Crippen LogP contribution is -2.47. The molecule has 2 aliphatic rings. The molecular formula is C20H26N4S. The maximum absolute atomic E-state index is 6.30. The fourth-order valence-electron chi connectivity index (χ4n) is 3.71. The highest BCUT2D eigenvalue weighted by Crippen LogP contribution is 2.40. The van der Waals surface area contributed by atoms with E-state index in [1.165, 1.54) is 16.3 Å². The van der Waals surface area contributed by atoms with Gasteiger partial charge in [0.15, 0.2) is 0 Å². The molecule has 2 N–H and O–H groups in total. The van der Waals surface area contributed by atoms with Gasteiger partial charge in [-0.25, -0.2) is 0 Å². The Hall–Kier alpha value is -1.69. The molecule has 2 heterocycles. The monoisotopic (exact) mass is 354 g/mol. The van der Waals surface area contributed by atoms with Gasteiger partial charge in [-0.3, -0.25) is 4.90 Å². The summed E-state index contributed by atoms with van der Waals surface area (Å²) in [4.78, 5) is 8.73. The zero-order valence-electron chi connectivity index (χ0n) is 14.6. The van der Waals surface area contributed by atoms with Crippen molar-refractivity contribution in [3.63, 3.8) is 0 Å². The number of hydrogen-bond acceptors (Lipinski definition) is 5. The third-order valence-corrected chi connectivity index (χ3v) is 6.19. The third kappa shape index (κ3) is 3.78. The molecule has 1 atom stereocenters. The summed E-state index contributed by atoms with van der Waals surface area (Å²) in [7, 11) is 0. The molecule has 0 radical (unpaired) electrons. The van der Waals surface area contributed by atoms with E-state index in [0.717, 1.165) is 45.7 Å². The number of nitrogens with two attached hydrogens (primary N) is 1. The first-order chi connectivity index (χ1) is 12.3. The Morgan fingerprint density at radius 2 is 1.60 bits per heavy atom. The number of fused-ring (bicyclic) bond motifs is 1. The van der Waals surface area contributed by atoms with Gasteiger partial charge in [0, 0.05) is 43.3 Å². The van der Waals surface area contributed by atoms with Crippen LogP contribution in [0.2, 0.25) is 0 Å². The van der Waals surface area contributed by atoms with Crippen LogP contribution >= 0.6 is 11.8 Å². The highest BCUT2D eigenvalue weighted by Gasteiger charge is 2.26. The zero-order chi connectivity index (χ0) is 17.1. The van der Waals surface area contributed by atoms with Crippen LogP contribution in [0.25, 0.3) is 0 Å². The zero-order valence-corrected chi connectivity index (χ0v) is 15.4. The standard InChI is InChI=1S/C20H26N4S/c21-20-24(18-9-4-5-10-19(18)25-20)12-6-11-22-13-15-23(16-14-22)17-7-2-1-3-8-17/h1-5,7-10,20H,6,11-16,21H2. The molecular weight excluding hydrogens is 328 g/mol. The van der Waals surface area contributed by atoms with E-state index in [-0.39, 0.29) is 5.50 Å². The molecule has 1 fully saturated rings. The molecule has 2 aromatic rings. The van der Waals surface area contributed by atoms with E-state index in [2.05, 4.69) is 69.3 Å². The van der Waals surface area contributed by atoms with Crippen molar-refractivity contribution in [2.75, 3.05) is 49.1 Å². The lowest BCUT2D eigenvalue weighted by atomic mass is 10.2. The normalized spacial score (nSPS) is 20.8. The predicted octanol–water partition coefficient (Wildman–Crippen LogP) is 3.05. The minimum Gasteiger partial charge on any atom is -0.369 e. The van der Waals surface area contributed by atoms with Crippen LogP contribution in [0.4, 0.5) is 11.4 Å². The summed E-state index contributed by atoms with van der Waals surface area (Å²) >= 11 is 1.77. The van der Waals surface area contributed by atoms with Gasteiger partial charge in [-0.1, -0.05) is 42.1 Å². The smallest absolute Gasteiger partial charge is 0.130 e. The van der Waals surface area contributed by atoms with Gasteiger partial charge in [-0.05, 0) is 37.2 Å². The van der Waals surface area contributed by atoms with Gasteiger partial charge in [0.05, 0.1) is 5.69 Å². The Labute approximate surface area is 154 Å². The number of nitrogens with zero attached hydrogens (tertiary/aromatic N) is 3. The van der Waals surface area contributed by atoms with E-state index in [1.54, 1.807) is 11.8 Å². The molecule has 5 heteroatoms. The van der Waals surface area contributed by atoms with Crippen molar-refractivity contribution in [2.24, 2.45) is 5.73 Å². The van der Waals surface area contributed by atoms with Gasteiger partial charge in [0.25, 0.3) is 0 Å². The van der Waals surface area contributed by atoms with E-state index in [0.29, 0.717) is 0 Å². The fraction of sp³-hybridized carbons (Fsp3) is 0.400. The Bertz CT molecular complexity index is 685. The maximum Gasteiger partial charge on any atom is 0.130 e. The molecule has 2 aliphatic heterocycles. The summed E-state index contributed by atoms with van der Waals surface area (Å²) in [6.45, 7) is 6.71. The molecule has 2 aromatic carbocycles. The second kappa shape index (κ2) is 7.68. The van der Waals surface area contributed by atoms with Gasteiger partial charge in [0.2, 0.25) is 0 Å². The van der Waals surface area contributed by atoms with Gasteiger partial charge < -0.3 is 15.5 Å². The molecule has 1 unspecified atom stereocenters. The van der Waals surface area contributed by atoms with Crippen molar-refractivity contribution >= 4 is 23.1 Å². The van der Waals surface area contributed by atoms with E-state index >= 15 is 0 Å². The first-order valence-electron chi connectivity index (χ1n) is 9.11. The Kier molecular flexibility index (Phi) is 5.15. The van der Waals surface area contributed by atoms with Crippen molar-refractivity contribution in [3.05, 3.63) is 54.6 Å². The minimum absolute atomic E-state index is 0.0623. The van der Waals surface area contributed by atoms with Crippen LogP contribution in [0, 0.1) is 0 Å². The van der Waals surface area contributed by atoms with E-state index < -0.39 is 0 Å². The lowest BCUT2D eigenvalue weighted by Gasteiger charge is -2.36. The second-order valence-corrected chi connectivity index (χ2v) is 7.85. The molecule has 0 aliphatic carbocycles. The Morgan fingerprint density at radius 1 is 0.880 bits per heavy atom. The second-order valence-electron chi connectivity index (χ2n) is 6.69. The topological polar surface area (TPSA) is 35.7 Å². The van der Waals surface area contributed by atoms with Crippen molar-refractivity contribution in [1.82, 2.24) is 4.90 Å². The van der Waals surface area contributed by atoms with E-state index in [1.807, 2.05) is 0 Å². The lowest BCUT2D eigenvalue weighted by molar-refractivity contribution is 0.255. The number of piperazine rings is 1. The average molecular weight is 355 g/mol. The highest BCUT2D eigenvalue weighted by molar-refractivity contribution is 8.00. The summed E-state index contributed by atoms with van der Waals surface area (Å²) in [6.07, 6.45) is 1.16. The van der Waals surface area contributed by atoms with Crippen molar-refractivity contribution in [3.8, 4) is 0 Å². The van der Waals surface area contributed by atoms with Crippen LogP contribution in [0.15, 0.2) is 59.5 Å². The summed E-state index contributed by atoms with van der Waals surface area (Å²) in [5, 5.41) is 0. The van der Waals surface area contributed by atoms with Crippen molar-refractivity contribution in [1.29, 1.82) is 0 Å². The molecule has 0 spiro atoms. The SMILES string of the molecule is NC1Sc2ccccc2N1CCCN1CCN(c2ccccc2)CC1. The summed E-state index contributed by atoms with van der Waals surface area (Å²) in [5.74, 6) is 0. The molecule has 0 aromatic heterocycles. The predicted molar refractivity (Wildman–Crippen MR) is 107 cm³/mol. The first kappa shape index (κ1) is 16.8. The number of thioether (sulfide) groups is 1. The van der Waals surface area contributed by atoms with Crippen LogP contribution in [0.5, 0.6) is 0 Å².